The summed E-state index contributed by atoms with van der Waals surface area (Å²) in [7, 11) is 1.62. The van der Waals surface area contributed by atoms with Gasteiger partial charge in [-0.1, -0.05) is 24.2 Å². The van der Waals surface area contributed by atoms with Gasteiger partial charge in [0.2, 0.25) is 0 Å². The molecule has 0 aromatic heterocycles. The van der Waals surface area contributed by atoms with Crippen molar-refractivity contribution < 1.29 is 24.0 Å². The Morgan fingerprint density at radius 3 is 2.64 bits per heavy atom. The molecule has 1 saturated heterocycles. The second-order valence-corrected chi connectivity index (χ2v) is 12.1. The van der Waals surface area contributed by atoms with Gasteiger partial charge in [0.05, 0.1) is 18.0 Å². The average molecular weight is 502 g/mol. The number of esters is 1. The molecule has 8 atom stereocenters. The van der Waals surface area contributed by atoms with Crippen LogP contribution in [-0.4, -0.2) is 56.1 Å². The molecule has 5 aliphatic rings. The van der Waals surface area contributed by atoms with Crippen LogP contribution in [0.15, 0.2) is 10.3 Å². The third-order valence-electron chi connectivity index (χ3n) is 10.5. The molecule has 0 amide bonds. The van der Waals surface area contributed by atoms with Crippen LogP contribution in [0.4, 0.5) is 0 Å². The van der Waals surface area contributed by atoms with E-state index in [0.717, 1.165) is 75.9 Å². The van der Waals surface area contributed by atoms with Crippen LogP contribution >= 0.6 is 0 Å². The summed E-state index contributed by atoms with van der Waals surface area (Å²) in [5.41, 5.74) is 1.69. The predicted molar refractivity (Wildman–Crippen MR) is 136 cm³/mol. The summed E-state index contributed by atoms with van der Waals surface area (Å²) >= 11 is 0. The first-order chi connectivity index (χ1) is 17.3. The lowest BCUT2D eigenvalue weighted by molar-refractivity contribution is -0.156. The number of fused-ring (bicyclic) bond motifs is 5. The first kappa shape index (κ1) is 25.7. The molecule has 5 fully saturated rings. The average Bonchev–Trinajstić information content (AvgIpc) is 3.49. The van der Waals surface area contributed by atoms with Gasteiger partial charge < -0.3 is 19.7 Å². The van der Waals surface area contributed by atoms with Crippen molar-refractivity contribution in [3.63, 3.8) is 0 Å². The number of carbonyl (C=O) groups is 2. The van der Waals surface area contributed by atoms with E-state index < -0.39 is 0 Å². The fraction of sp³-hybridized carbons (Fsp3) is 0.857. The number of carbonyl (C=O) groups excluding carboxylic acids is 2. The summed E-state index contributed by atoms with van der Waals surface area (Å²) in [6, 6.07) is 0. The molecule has 0 aromatic carbocycles. The topological polar surface area (TPSA) is 98.6 Å². The van der Waals surface area contributed by atoms with Crippen molar-refractivity contribution in [3.8, 4) is 0 Å². The van der Waals surface area contributed by atoms with E-state index in [-0.39, 0.29) is 34.7 Å². The molecule has 0 spiro atoms. The van der Waals surface area contributed by atoms with E-state index in [0.29, 0.717) is 36.6 Å². The zero-order valence-corrected chi connectivity index (χ0v) is 22.4. The molecule has 4 saturated carbocycles. The number of oxime groups is 2. The Kier molecular flexibility index (Phi) is 7.18. The van der Waals surface area contributed by atoms with Crippen molar-refractivity contribution in [3.05, 3.63) is 0 Å². The predicted octanol–water partition coefficient (Wildman–Crippen LogP) is 4.12. The number of hydrogen-bond acceptors (Lipinski definition) is 8. The Balaban J connectivity index is 1.54. The van der Waals surface area contributed by atoms with Crippen molar-refractivity contribution in [2.24, 2.45) is 50.7 Å². The number of ether oxygens (including phenoxy) is 1. The molecular formula is C28H43N3O5. The minimum Gasteiger partial charge on any atom is -0.465 e. The van der Waals surface area contributed by atoms with E-state index in [9.17, 15) is 9.59 Å². The van der Waals surface area contributed by atoms with Gasteiger partial charge in [0.1, 0.15) is 19.0 Å². The second kappa shape index (κ2) is 10.1. The molecule has 1 N–H and O–H groups in total. The molecule has 36 heavy (non-hydrogen) atoms. The van der Waals surface area contributed by atoms with Crippen molar-refractivity contribution in [1.82, 2.24) is 5.32 Å². The number of nitrogens with zero attached hydrogens (tertiary/aromatic N) is 2. The lowest BCUT2D eigenvalue weighted by Crippen LogP contribution is -2.62. The zero-order valence-electron chi connectivity index (χ0n) is 22.4. The highest BCUT2D eigenvalue weighted by molar-refractivity contribution is 5.97. The van der Waals surface area contributed by atoms with Crippen LogP contribution in [0, 0.1) is 40.4 Å². The molecule has 0 aromatic rings. The lowest BCUT2D eigenvalue weighted by Gasteiger charge is -2.61. The van der Waals surface area contributed by atoms with Gasteiger partial charge in [0.25, 0.3) is 0 Å². The van der Waals surface area contributed by atoms with Crippen LogP contribution in [0.3, 0.4) is 0 Å². The molecule has 8 heteroatoms. The Bertz CT molecular complexity index is 928. The van der Waals surface area contributed by atoms with E-state index >= 15 is 0 Å². The largest absolute Gasteiger partial charge is 0.465 e. The van der Waals surface area contributed by atoms with Gasteiger partial charge >= 0.3 is 5.97 Å². The van der Waals surface area contributed by atoms with Gasteiger partial charge in [-0.05, 0) is 69.2 Å². The highest BCUT2D eigenvalue weighted by Gasteiger charge is 2.65. The maximum atomic E-state index is 13.0. The minimum atomic E-state index is -0.239. The van der Waals surface area contributed by atoms with E-state index in [4.69, 9.17) is 19.6 Å². The standard InChI is InChI=1S/C28H43N3O5/c1-5-19-23(31-36-18-10-13-29-15-18)9-12-28(16-35-17(2)32)22-8-11-27(3)21(6-7-25(27)33)20(22)14-24(26(19)28)30-34-4/h18-22,26,29H,5-16H2,1-4H3/b30-24+,31-23?/t18?,19-,20?,21?,22?,26?,27-,28-/m0/s1. The van der Waals surface area contributed by atoms with E-state index in [2.05, 4.69) is 24.3 Å². The maximum absolute atomic E-state index is 13.0. The van der Waals surface area contributed by atoms with Crippen molar-refractivity contribution in [2.75, 3.05) is 26.8 Å². The first-order valence-electron chi connectivity index (χ1n) is 14.0. The molecule has 5 unspecified atom stereocenters. The van der Waals surface area contributed by atoms with Crippen LogP contribution in [0.25, 0.3) is 0 Å². The SMILES string of the molecule is CC[C@H]1C(=NOC2CCNC2)CC[C@]2(COC(C)=O)C3CC[C@]4(C)C(=O)CCC4C3C/C(=N\OC)C12. The number of nitrogens with one attached hydrogen (secondary N) is 1. The third kappa shape index (κ3) is 4.17. The van der Waals surface area contributed by atoms with Gasteiger partial charge in [-0.15, -0.1) is 0 Å². The molecular weight excluding hydrogens is 458 g/mol. The van der Waals surface area contributed by atoms with Gasteiger partial charge in [-0.2, -0.15) is 0 Å². The van der Waals surface area contributed by atoms with Gasteiger partial charge in [0, 0.05) is 49.0 Å². The Morgan fingerprint density at radius 1 is 1.11 bits per heavy atom. The molecule has 4 aliphatic carbocycles. The second-order valence-electron chi connectivity index (χ2n) is 12.1. The monoisotopic (exact) mass is 501 g/mol. The molecule has 8 nitrogen and oxygen atoms in total. The van der Waals surface area contributed by atoms with Crippen molar-refractivity contribution in [1.29, 1.82) is 0 Å². The summed E-state index contributed by atoms with van der Waals surface area (Å²) in [5, 5.41) is 12.7. The Hall–Kier alpha value is -1.96. The number of Topliss-reactive ketones (excluding diaryl/α,β-unsaturated/α-hetero) is 1. The van der Waals surface area contributed by atoms with E-state index in [1.54, 1.807) is 7.11 Å². The van der Waals surface area contributed by atoms with Crippen LogP contribution in [0.1, 0.15) is 78.6 Å². The summed E-state index contributed by atoms with van der Waals surface area (Å²) in [6.45, 7) is 8.11. The van der Waals surface area contributed by atoms with Crippen LogP contribution in [0.5, 0.6) is 0 Å². The van der Waals surface area contributed by atoms with Crippen LogP contribution in [0.2, 0.25) is 0 Å². The number of hydrogen-bond donors (Lipinski definition) is 1. The lowest BCUT2D eigenvalue weighted by atomic mass is 9.42. The van der Waals surface area contributed by atoms with Crippen LogP contribution < -0.4 is 5.32 Å². The summed E-state index contributed by atoms with van der Waals surface area (Å²) < 4.78 is 5.86. The molecule has 1 aliphatic heterocycles. The summed E-state index contributed by atoms with van der Waals surface area (Å²) in [5.74, 6) is 1.53. The number of ketones is 1. The summed E-state index contributed by atoms with van der Waals surface area (Å²) in [4.78, 5) is 36.5. The highest BCUT2D eigenvalue weighted by atomic mass is 16.6. The minimum absolute atomic E-state index is 0.0855. The van der Waals surface area contributed by atoms with Crippen molar-refractivity contribution in [2.45, 2.75) is 84.7 Å². The maximum Gasteiger partial charge on any atom is 0.302 e. The first-order valence-corrected chi connectivity index (χ1v) is 14.0. The van der Waals surface area contributed by atoms with Gasteiger partial charge in [-0.25, -0.2) is 0 Å². The zero-order chi connectivity index (χ0) is 25.5. The molecule has 200 valence electrons. The van der Waals surface area contributed by atoms with Gasteiger partial charge in [0.15, 0.2) is 0 Å². The molecule has 0 radical (unpaired) electrons. The quantitative estimate of drug-likeness (QED) is 0.434. The van der Waals surface area contributed by atoms with Crippen LogP contribution in [-0.2, 0) is 24.0 Å². The summed E-state index contributed by atoms with van der Waals surface area (Å²) in [6.07, 6.45) is 8.14. The smallest absolute Gasteiger partial charge is 0.302 e. The molecule has 0 bridgehead atoms. The fourth-order valence-electron chi connectivity index (χ4n) is 8.86. The normalized spacial score (nSPS) is 44.2. The van der Waals surface area contributed by atoms with Crippen molar-refractivity contribution >= 4 is 23.2 Å². The molecule has 5 rings (SSSR count). The van der Waals surface area contributed by atoms with Gasteiger partial charge in [-0.3, -0.25) is 9.59 Å². The van der Waals surface area contributed by atoms with E-state index in [1.165, 1.54) is 6.92 Å². The molecule has 1 heterocycles. The van der Waals surface area contributed by atoms with E-state index in [1.807, 2.05) is 0 Å². The Labute approximate surface area is 214 Å². The number of rotatable bonds is 6. The fourth-order valence-corrected chi connectivity index (χ4v) is 8.86. The third-order valence-corrected chi connectivity index (χ3v) is 10.5. The highest BCUT2D eigenvalue weighted by Crippen LogP contribution is 2.66. The Morgan fingerprint density at radius 2 is 1.94 bits per heavy atom.